The Morgan fingerprint density at radius 3 is 1.67 bits per heavy atom. The first-order chi connectivity index (χ1) is 30.1. The third-order valence-corrected chi connectivity index (χ3v) is 10.8. The van der Waals surface area contributed by atoms with Gasteiger partial charge in [0, 0.05) is 12.8 Å². The number of unbranched alkanes of at least 4 members (excludes halogenated alkanes) is 12. The summed E-state index contributed by atoms with van der Waals surface area (Å²) in [4.78, 5) is 52.8. The summed E-state index contributed by atoms with van der Waals surface area (Å²) in [5.41, 5.74) is 0. The second-order valence-electron chi connectivity index (χ2n) is 16.0. The summed E-state index contributed by atoms with van der Waals surface area (Å²) >= 11 is 0. The van der Waals surface area contributed by atoms with Crippen LogP contribution in [0, 0.1) is 5.92 Å². The first-order valence-electron chi connectivity index (χ1n) is 23.1. The molecular weight excluding hydrogens is 850 g/mol. The molecule has 4 atom stereocenters. The molecule has 0 radical (unpaired) electrons. The van der Waals surface area contributed by atoms with Crippen LogP contribution in [0.2, 0.25) is 0 Å². The van der Waals surface area contributed by atoms with Gasteiger partial charge in [-0.1, -0.05) is 177 Å². The zero-order chi connectivity index (χ0) is 46.9. The van der Waals surface area contributed by atoms with Crippen LogP contribution < -0.4 is 0 Å². The van der Waals surface area contributed by atoms with Crippen LogP contribution in [0.5, 0.6) is 0 Å². The van der Waals surface area contributed by atoms with Gasteiger partial charge in [0.1, 0.15) is 12.7 Å². The first kappa shape index (κ1) is 60.5. The number of phosphoric acid groups is 2. The minimum absolute atomic E-state index is 0.0132. The summed E-state index contributed by atoms with van der Waals surface area (Å²) in [6.07, 6.45) is 40.7. The highest BCUT2D eigenvalue weighted by Gasteiger charge is 2.28. The van der Waals surface area contributed by atoms with Crippen molar-refractivity contribution in [2.75, 3.05) is 26.4 Å². The van der Waals surface area contributed by atoms with E-state index in [1.54, 1.807) is 24.3 Å². The highest BCUT2D eigenvalue weighted by atomic mass is 31.2. The van der Waals surface area contributed by atoms with Crippen LogP contribution in [-0.4, -0.2) is 81.6 Å². The minimum atomic E-state index is -4.88. The van der Waals surface area contributed by atoms with Gasteiger partial charge in [-0.2, -0.15) is 0 Å². The lowest BCUT2D eigenvalue weighted by Gasteiger charge is -2.20. The number of carbonyl (C=O) groups excluding carboxylic acids is 2. The van der Waals surface area contributed by atoms with E-state index < -0.39 is 72.3 Å². The van der Waals surface area contributed by atoms with E-state index in [1.807, 2.05) is 12.2 Å². The summed E-state index contributed by atoms with van der Waals surface area (Å²) in [6.45, 7) is 3.77. The molecule has 0 amide bonds. The number of allylic oxidation sites excluding steroid dienone is 10. The molecule has 0 saturated carbocycles. The summed E-state index contributed by atoms with van der Waals surface area (Å²) in [5, 5.41) is 20.0. The molecule has 0 spiro atoms. The third kappa shape index (κ3) is 45.9. The van der Waals surface area contributed by atoms with Crippen LogP contribution in [0.3, 0.4) is 0 Å². The van der Waals surface area contributed by atoms with E-state index in [1.165, 1.54) is 57.8 Å². The Morgan fingerprint density at radius 2 is 1.10 bits per heavy atom. The fourth-order valence-corrected chi connectivity index (χ4v) is 7.03. The van der Waals surface area contributed by atoms with Crippen molar-refractivity contribution in [3.05, 3.63) is 72.9 Å². The van der Waals surface area contributed by atoms with Gasteiger partial charge in [0.05, 0.1) is 25.9 Å². The molecular formula is C47H82O14P2. The maximum Gasteiger partial charge on any atom is 0.472 e. The number of aliphatic hydroxyl groups excluding tert-OH is 2. The molecule has 14 nitrogen and oxygen atoms in total. The van der Waals surface area contributed by atoms with Crippen molar-refractivity contribution >= 4 is 27.6 Å². The van der Waals surface area contributed by atoms with Gasteiger partial charge in [0.2, 0.25) is 0 Å². The van der Waals surface area contributed by atoms with Crippen LogP contribution in [0.4, 0.5) is 0 Å². The minimum Gasteiger partial charge on any atom is -0.462 e. The number of hydrogen-bond acceptors (Lipinski definition) is 11. The molecule has 16 heteroatoms. The van der Waals surface area contributed by atoms with Gasteiger partial charge in [-0.15, -0.1) is 0 Å². The van der Waals surface area contributed by atoms with E-state index >= 15 is 0 Å². The molecule has 0 aliphatic carbocycles. The van der Waals surface area contributed by atoms with E-state index in [0.717, 1.165) is 57.3 Å². The van der Waals surface area contributed by atoms with E-state index in [-0.39, 0.29) is 12.8 Å². The normalized spacial score (nSPS) is 15.2. The second kappa shape index (κ2) is 41.0. The first-order valence-corrected chi connectivity index (χ1v) is 26.1. The maximum absolute atomic E-state index is 12.7. The van der Waals surface area contributed by atoms with Gasteiger partial charge in [0.25, 0.3) is 0 Å². The van der Waals surface area contributed by atoms with Crippen LogP contribution >= 0.6 is 15.6 Å². The van der Waals surface area contributed by atoms with Gasteiger partial charge < -0.3 is 34.4 Å². The predicted molar refractivity (Wildman–Crippen MR) is 250 cm³/mol. The summed E-state index contributed by atoms with van der Waals surface area (Å²) < 4.78 is 47.7. The lowest BCUT2D eigenvalue weighted by atomic mass is 10.0. The summed E-state index contributed by atoms with van der Waals surface area (Å²) in [7, 11) is -9.74. The fourth-order valence-electron chi connectivity index (χ4n) is 5.88. The molecule has 0 aliphatic rings. The summed E-state index contributed by atoms with van der Waals surface area (Å²) in [6, 6.07) is 0. The topological polar surface area (TPSA) is 216 Å². The molecule has 0 fully saturated rings. The smallest absolute Gasteiger partial charge is 0.462 e. The van der Waals surface area contributed by atoms with Crippen molar-refractivity contribution in [2.45, 2.75) is 180 Å². The molecule has 364 valence electrons. The second-order valence-corrected chi connectivity index (χ2v) is 18.7. The van der Waals surface area contributed by atoms with E-state index in [9.17, 15) is 33.8 Å². The molecule has 0 aromatic rings. The van der Waals surface area contributed by atoms with Crippen LogP contribution in [0.1, 0.15) is 162 Å². The third-order valence-electron chi connectivity index (χ3n) is 9.37. The maximum atomic E-state index is 12.7. The van der Waals surface area contributed by atoms with Crippen LogP contribution in [-0.2, 0) is 41.8 Å². The fraction of sp³-hybridized carbons (Fsp3) is 0.702. The van der Waals surface area contributed by atoms with Crippen molar-refractivity contribution in [3.8, 4) is 0 Å². The number of phosphoric ester groups is 2. The Hall–Kier alpha value is -2.48. The summed E-state index contributed by atoms with van der Waals surface area (Å²) in [5.74, 6) is -0.424. The van der Waals surface area contributed by atoms with Crippen LogP contribution in [0.25, 0.3) is 0 Å². The average Bonchev–Trinajstić information content (AvgIpc) is 3.22. The highest BCUT2D eigenvalue weighted by Crippen LogP contribution is 2.43. The number of ether oxygens (including phenoxy) is 2. The molecule has 63 heavy (non-hydrogen) atoms. The number of carbonyl (C=O) groups is 2. The van der Waals surface area contributed by atoms with Gasteiger partial charge in [-0.3, -0.25) is 23.2 Å². The largest absolute Gasteiger partial charge is 0.472 e. The van der Waals surface area contributed by atoms with E-state index in [0.29, 0.717) is 19.3 Å². The number of esters is 2. The van der Waals surface area contributed by atoms with Crippen molar-refractivity contribution in [1.82, 2.24) is 0 Å². The zero-order valence-corrected chi connectivity index (χ0v) is 40.2. The average molecular weight is 933 g/mol. The van der Waals surface area contributed by atoms with E-state index in [4.69, 9.17) is 23.8 Å². The van der Waals surface area contributed by atoms with Gasteiger partial charge in [-0.05, 0) is 50.9 Å². The molecule has 2 unspecified atom stereocenters. The molecule has 0 aromatic carbocycles. The number of hydrogen-bond donors (Lipinski definition) is 5. The molecule has 0 heterocycles. The van der Waals surface area contributed by atoms with Crippen molar-refractivity contribution in [2.24, 2.45) is 5.92 Å². The SMILES string of the molecule is CC/C=C\C/C=C\C/C=C\C/C=C\C=C/C(O)C/C=C\CCC(=O)OC[C@H](COP(=O)(O)OC[C@@H](O)COP(=O)(O)O)OC(=O)CCCCCCCCCCCCCCCC(C)C. The number of aliphatic hydroxyl groups is 2. The zero-order valence-electron chi connectivity index (χ0n) is 38.4. The quantitative estimate of drug-likeness (QED) is 0.0127. The molecule has 0 aromatic heterocycles. The molecule has 0 saturated heterocycles. The van der Waals surface area contributed by atoms with E-state index in [2.05, 4.69) is 66.3 Å². The van der Waals surface area contributed by atoms with Crippen molar-refractivity contribution in [3.63, 3.8) is 0 Å². The monoisotopic (exact) mass is 933 g/mol. The Labute approximate surface area is 378 Å². The lowest BCUT2D eigenvalue weighted by Crippen LogP contribution is -2.29. The van der Waals surface area contributed by atoms with Crippen LogP contribution in [0.15, 0.2) is 72.9 Å². The molecule has 0 bridgehead atoms. The molecule has 0 aliphatic heterocycles. The van der Waals surface area contributed by atoms with Gasteiger partial charge in [-0.25, -0.2) is 9.13 Å². The molecule has 5 N–H and O–H groups in total. The predicted octanol–water partition coefficient (Wildman–Crippen LogP) is 11.0. The Balaban J connectivity index is 4.68. The lowest BCUT2D eigenvalue weighted by molar-refractivity contribution is -0.161. The Morgan fingerprint density at radius 1 is 0.571 bits per heavy atom. The highest BCUT2D eigenvalue weighted by molar-refractivity contribution is 7.47. The standard InChI is InChI=1S/C47H82O14P2/c1-4-5-6-7-8-9-10-12-16-19-22-25-29-34-43(48)35-30-27-32-36-46(50)57-40-45(41-60-63(55,56)59-39-44(49)38-58-62(52,53)54)61-47(51)37-31-26-23-20-17-14-11-13-15-18-21-24-28-33-42(2)3/h5-6,8-9,12,16,22,25,27,29-30,34,42-45,48-49H,4,7,10-11,13-15,17-21,23-24,26,28,31-33,35-41H2,1-3H3,(H,55,56)(H2,52,53,54)/b6-5-,9-8-,16-12-,25-22-,30-27-,34-29-/t43?,44-,45+/m0/s1. The van der Waals surface area contributed by atoms with Gasteiger partial charge in [0.15, 0.2) is 6.10 Å². The Kier molecular flexibility index (Phi) is 39.4. The van der Waals surface area contributed by atoms with Crippen molar-refractivity contribution < 1.29 is 66.7 Å². The van der Waals surface area contributed by atoms with Crippen molar-refractivity contribution in [1.29, 1.82) is 0 Å². The number of rotatable bonds is 42. The van der Waals surface area contributed by atoms with Gasteiger partial charge >= 0.3 is 27.6 Å². The Bertz CT molecular complexity index is 1420. The molecule has 0 rings (SSSR count).